The van der Waals surface area contributed by atoms with Crippen LogP contribution in [0.2, 0.25) is 0 Å². The van der Waals surface area contributed by atoms with Gasteiger partial charge in [-0.25, -0.2) is 0 Å². The zero-order chi connectivity index (χ0) is 14.8. The van der Waals surface area contributed by atoms with Crippen LogP contribution in [0.3, 0.4) is 0 Å². The molecular weight excluding hydrogens is 258 g/mol. The molecule has 1 unspecified atom stereocenters. The third-order valence-electron chi connectivity index (χ3n) is 3.95. The minimum Gasteiger partial charge on any atom is -0.481 e. The molecule has 1 atom stereocenters. The van der Waals surface area contributed by atoms with Gasteiger partial charge in [-0.2, -0.15) is 0 Å². The van der Waals surface area contributed by atoms with E-state index in [1.165, 1.54) is 6.26 Å². The van der Waals surface area contributed by atoms with E-state index in [9.17, 15) is 14.7 Å². The Kier molecular flexibility index (Phi) is 4.16. The van der Waals surface area contributed by atoms with E-state index < -0.39 is 11.4 Å². The van der Waals surface area contributed by atoms with Crippen molar-refractivity contribution < 1.29 is 19.1 Å². The number of rotatable bonds is 4. The van der Waals surface area contributed by atoms with Crippen LogP contribution >= 0.6 is 0 Å². The zero-order valence-corrected chi connectivity index (χ0v) is 12.0. The van der Waals surface area contributed by atoms with Gasteiger partial charge in [0.05, 0.1) is 17.2 Å². The first-order valence-corrected chi connectivity index (χ1v) is 7.07. The van der Waals surface area contributed by atoms with Gasteiger partial charge in [0, 0.05) is 19.5 Å². The Balaban J connectivity index is 2.16. The highest BCUT2D eigenvalue weighted by molar-refractivity contribution is 5.95. The summed E-state index contributed by atoms with van der Waals surface area (Å²) in [7, 11) is 0. The summed E-state index contributed by atoms with van der Waals surface area (Å²) in [5.74, 6) is -0.259. The van der Waals surface area contributed by atoms with Crippen molar-refractivity contribution in [3.05, 3.63) is 23.7 Å². The predicted octanol–water partition coefficient (Wildman–Crippen LogP) is 2.56. The highest BCUT2D eigenvalue weighted by atomic mass is 16.4. The molecule has 1 N–H and O–H groups in total. The highest BCUT2D eigenvalue weighted by Gasteiger charge is 2.39. The molecule has 1 aromatic rings. The molecule has 1 aliphatic rings. The molecule has 0 aromatic carbocycles. The number of amides is 1. The van der Waals surface area contributed by atoms with Gasteiger partial charge < -0.3 is 14.4 Å². The highest BCUT2D eigenvalue weighted by Crippen LogP contribution is 2.31. The van der Waals surface area contributed by atoms with Gasteiger partial charge in [-0.1, -0.05) is 6.92 Å². The fourth-order valence-corrected chi connectivity index (χ4v) is 2.71. The number of hydrogen-bond donors (Lipinski definition) is 1. The lowest BCUT2D eigenvalue weighted by Gasteiger charge is -2.37. The smallest absolute Gasteiger partial charge is 0.311 e. The molecule has 20 heavy (non-hydrogen) atoms. The van der Waals surface area contributed by atoms with Crippen molar-refractivity contribution in [2.24, 2.45) is 5.41 Å². The van der Waals surface area contributed by atoms with Crippen molar-refractivity contribution in [1.29, 1.82) is 0 Å². The van der Waals surface area contributed by atoms with Crippen LogP contribution in [-0.4, -0.2) is 35.0 Å². The molecule has 110 valence electrons. The maximum atomic E-state index is 12.5. The average Bonchev–Trinajstić information content (AvgIpc) is 2.86. The molecule has 1 aromatic heterocycles. The summed E-state index contributed by atoms with van der Waals surface area (Å²) in [6.45, 7) is 4.60. The van der Waals surface area contributed by atoms with Crippen LogP contribution in [0.4, 0.5) is 0 Å². The Hall–Kier alpha value is -1.78. The Morgan fingerprint density at radius 3 is 2.90 bits per heavy atom. The van der Waals surface area contributed by atoms with Crippen molar-refractivity contribution in [2.75, 3.05) is 13.1 Å². The van der Waals surface area contributed by atoms with Crippen LogP contribution in [0.1, 0.15) is 49.2 Å². The summed E-state index contributed by atoms with van der Waals surface area (Å²) in [6, 6.07) is 1.68. The molecule has 1 fully saturated rings. The summed E-state index contributed by atoms with van der Waals surface area (Å²) in [6.07, 6.45) is 4.48. The Morgan fingerprint density at radius 2 is 2.25 bits per heavy atom. The van der Waals surface area contributed by atoms with Crippen LogP contribution in [0.25, 0.3) is 0 Å². The monoisotopic (exact) mass is 279 g/mol. The molecule has 2 heterocycles. The van der Waals surface area contributed by atoms with Gasteiger partial charge in [0.25, 0.3) is 5.91 Å². The zero-order valence-electron chi connectivity index (χ0n) is 12.0. The van der Waals surface area contributed by atoms with E-state index in [0.29, 0.717) is 24.3 Å². The second kappa shape index (κ2) is 5.69. The standard InChI is InChI=1S/C15H21NO4/c1-3-5-12-11(6-9-20-12)13(17)16-8-4-7-15(2,10-16)14(18)19/h6,9H,3-5,7-8,10H2,1-2H3,(H,18,19). The van der Waals surface area contributed by atoms with E-state index in [1.54, 1.807) is 17.9 Å². The number of carboxylic acid groups (broad SMARTS) is 1. The van der Waals surface area contributed by atoms with Gasteiger partial charge in [-0.05, 0) is 32.3 Å². The molecule has 0 bridgehead atoms. The third kappa shape index (κ3) is 2.71. The van der Waals surface area contributed by atoms with Crippen molar-refractivity contribution in [1.82, 2.24) is 4.90 Å². The van der Waals surface area contributed by atoms with Crippen molar-refractivity contribution >= 4 is 11.9 Å². The van der Waals surface area contributed by atoms with Gasteiger partial charge in [-0.15, -0.1) is 0 Å². The van der Waals surface area contributed by atoms with E-state index >= 15 is 0 Å². The van der Waals surface area contributed by atoms with Crippen molar-refractivity contribution in [3.63, 3.8) is 0 Å². The topological polar surface area (TPSA) is 70.8 Å². The summed E-state index contributed by atoms with van der Waals surface area (Å²) in [5, 5.41) is 9.31. The predicted molar refractivity (Wildman–Crippen MR) is 73.6 cm³/mol. The first kappa shape index (κ1) is 14.6. The molecule has 0 spiro atoms. The van der Waals surface area contributed by atoms with Gasteiger partial charge in [0.2, 0.25) is 0 Å². The Morgan fingerprint density at radius 1 is 1.50 bits per heavy atom. The first-order chi connectivity index (χ1) is 9.48. The van der Waals surface area contributed by atoms with Crippen LogP contribution in [0.15, 0.2) is 16.7 Å². The van der Waals surface area contributed by atoms with Crippen LogP contribution in [-0.2, 0) is 11.2 Å². The number of aliphatic carboxylic acids is 1. The fraction of sp³-hybridized carbons (Fsp3) is 0.600. The maximum Gasteiger partial charge on any atom is 0.311 e. The molecule has 0 radical (unpaired) electrons. The number of piperidine rings is 1. The molecule has 1 amide bonds. The van der Waals surface area contributed by atoms with E-state index in [1.807, 2.05) is 6.92 Å². The second-order valence-corrected chi connectivity index (χ2v) is 5.70. The first-order valence-electron chi connectivity index (χ1n) is 7.07. The number of aryl methyl sites for hydroxylation is 1. The summed E-state index contributed by atoms with van der Waals surface area (Å²) in [4.78, 5) is 25.5. The molecule has 2 rings (SSSR count). The van der Waals surface area contributed by atoms with E-state index in [-0.39, 0.29) is 12.5 Å². The molecule has 1 aliphatic heterocycles. The van der Waals surface area contributed by atoms with E-state index in [4.69, 9.17) is 4.42 Å². The van der Waals surface area contributed by atoms with E-state index in [0.717, 1.165) is 19.3 Å². The van der Waals surface area contributed by atoms with Crippen LogP contribution in [0.5, 0.6) is 0 Å². The van der Waals surface area contributed by atoms with Gasteiger partial charge in [0.15, 0.2) is 0 Å². The van der Waals surface area contributed by atoms with E-state index in [2.05, 4.69) is 0 Å². The number of carboxylic acids is 1. The lowest BCUT2D eigenvalue weighted by atomic mass is 9.82. The van der Waals surface area contributed by atoms with Crippen molar-refractivity contribution in [3.8, 4) is 0 Å². The SMILES string of the molecule is CCCc1occc1C(=O)N1CCCC(C)(C(=O)O)C1. The number of carbonyl (C=O) groups is 2. The maximum absolute atomic E-state index is 12.5. The van der Waals surface area contributed by atoms with Gasteiger partial charge in [0.1, 0.15) is 5.76 Å². The molecule has 0 saturated carbocycles. The number of carbonyl (C=O) groups excluding carboxylic acids is 1. The fourth-order valence-electron chi connectivity index (χ4n) is 2.71. The van der Waals surface area contributed by atoms with Gasteiger partial charge in [-0.3, -0.25) is 9.59 Å². The van der Waals surface area contributed by atoms with Crippen LogP contribution < -0.4 is 0 Å². The Labute approximate surface area is 118 Å². The molecule has 0 aliphatic carbocycles. The average molecular weight is 279 g/mol. The quantitative estimate of drug-likeness (QED) is 0.919. The number of nitrogens with zero attached hydrogens (tertiary/aromatic N) is 1. The number of hydrogen-bond acceptors (Lipinski definition) is 3. The Bertz CT molecular complexity index is 508. The number of furan rings is 1. The molecule has 5 heteroatoms. The lowest BCUT2D eigenvalue weighted by Crippen LogP contribution is -2.48. The van der Waals surface area contributed by atoms with Crippen LogP contribution in [0, 0.1) is 5.41 Å². The molecule has 5 nitrogen and oxygen atoms in total. The third-order valence-corrected chi connectivity index (χ3v) is 3.95. The molecular formula is C15H21NO4. The minimum absolute atomic E-state index is 0.116. The molecule has 1 saturated heterocycles. The summed E-state index contributed by atoms with van der Waals surface area (Å²) >= 11 is 0. The number of likely N-dealkylation sites (tertiary alicyclic amines) is 1. The summed E-state index contributed by atoms with van der Waals surface area (Å²) in [5.41, 5.74) is -0.274. The summed E-state index contributed by atoms with van der Waals surface area (Å²) < 4.78 is 5.35. The largest absolute Gasteiger partial charge is 0.481 e. The van der Waals surface area contributed by atoms with Crippen molar-refractivity contribution in [2.45, 2.75) is 39.5 Å². The normalized spacial score (nSPS) is 22.8. The second-order valence-electron chi connectivity index (χ2n) is 5.70. The minimum atomic E-state index is -0.845. The van der Waals surface area contributed by atoms with Gasteiger partial charge >= 0.3 is 5.97 Å². The lowest BCUT2D eigenvalue weighted by molar-refractivity contribution is -0.150.